The molecule has 1 aromatic heterocycles. The SMILES string of the molecule is CC(C)c1ccc2c(c1)CC[C@H]1[C@@](C)(Cc3c(-c4ccccc4)ccc4[nH]c(-c5ccc([N+](=O)[O-])c(O)c5)nc34)CCC[C@]21C. The zero-order valence-electron chi connectivity index (χ0n) is 26.6. The highest BCUT2D eigenvalue weighted by Gasteiger charge is 2.51. The molecule has 0 spiro atoms. The molecule has 4 aromatic carbocycles. The molecule has 2 aliphatic rings. The summed E-state index contributed by atoms with van der Waals surface area (Å²) in [7, 11) is 0. The second-order valence-corrected chi connectivity index (χ2v) is 14.2. The minimum atomic E-state index is -0.576. The van der Waals surface area contributed by atoms with Gasteiger partial charge in [-0.15, -0.1) is 0 Å². The average molecular weight is 600 g/mol. The molecule has 6 heteroatoms. The van der Waals surface area contributed by atoms with Crippen molar-refractivity contribution in [1.82, 2.24) is 9.97 Å². The molecule has 2 N–H and O–H groups in total. The van der Waals surface area contributed by atoms with Gasteiger partial charge in [0, 0.05) is 11.6 Å². The summed E-state index contributed by atoms with van der Waals surface area (Å²) in [6.45, 7) is 9.59. The number of benzene rings is 4. The van der Waals surface area contributed by atoms with Gasteiger partial charge in [-0.2, -0.15) is 0 Å². The van der Waals surface area contributed by atoms with Gasteiger partial charge in [0.05, 0.1) is 16.0 Å². The first-order chi connectivity index (χ1) is 21.6. The Bertz CT molecular complexity index is 1930. The molecular formula is C39H41N3O3. The Morgan fingerprint density at radius 1 is 1.00 bits per heavy atom. The fourth-order valence-corrected chi connectivity index (χ4v) is 8.78. The Morgan fingerprint density at radius 2 is 1.80 bits per heavy atom. The van der Waals surface area contributed by atoms with Crippen LogP contribution in [0.5, 0.6) is 5.75 Å². The number of phenols is 1. The number of nitrogens with zero attached hydrogens (tertiary/aromatic N) is 2. The van der Waals surface area contributed by atoms with Gasteiger partial charge < -0.3 is 10.1 Å². The van der Waals surface area contributed by atoms with Gasteiger partial charge in [-0.1, -0.05) is 88.7 Å². The molecule has 0 amide bonds. The van der Waals surface area contributed by atoms with E-state index in [1.807, 2.05) is 6.07 Å². The third-order valence-electron chi connectivity index (χ3n) is 11.0. The molecule has 45 heavy (non-hydrogen) atoms. The highest BCUT2D eigenvalue weighted by Crippen LogP contribution is 2.59. The summed E-state index contributed by atoms with van der Waals surface area (Å²) in [4.78, 5) is 19.3. The number of rotatable bonds is 6. The van der Waals surface area contributed by atoms with Gasteiger partial charge in [-0.3, -0.25) is 10.1 Å². The van der Waals surface area contributed by atoms with E-state index in [2.05, 4.69) is 87.3 Å². The number of H-pyrrole nitrogens is 1. The summed E-state index contributed by atoms with van der Waals surface area (Å²) in [6.07, 6.45) is 6.80. The van der Waals surface area contributed by atoms with E-state index < -0.39 is 4.92 Å². The van der Waals surface area contributed by atoms with Crippen molar-refractivity contribution in [3.05, 3.63) is 111 Å². The Hall–Kier alpha value is -4.45. The topological polar surface area (TPSA) is 92.0 Å². The molecule has 7 rings (SSSR count). The summed E-state index contributed by atoms with van der Waals surface area (Å²) >= 11 is 0. The number of aromatic hydroxyl groups is 1. The van der Waals surface area contributed by atoms with Crippen LogP contribution in [0.3, 0.4) is 0 Å². The van der Waals surface area contributed by atoms with E-state index in [0.29, 0.717) is 23.2 Å². The molecule has 1 saturated carbocycles. The van der Waals surface area contributed by atoms with Gasteiger partial charge in [0.15, 0.2) is 5.75 Å². The van der Waals surface area contributed by atoms with E-state index in [0.717, 1.165) is 23.9 Å². The molecule has 1 heterocycles. The normalized spacial score (nSPS) is 22.7. The van der Waals surface area contributed by atoms with Gasteiger partial charge in [-0.25, -0.2) is 4.98 Å². The number of aryl methyl sites for hydroxylation is 1. The molecule has 0 unspecified atom stereocenters. The van der Waals surface area contributed by atoms with Gasteiger partial charge in [0.2, 0.25) is 0 Å². The van der Waals surface area contributed by atoms with Crippen molar-refractivity contribution in [3.63, 3.8) is 0 Å². The zero-order chi connectivity index (χ0) is 31.5. The predicted octanol–water partition coefficient (Wildman–Crippen LogP) is 9.89. The minimum absolute atomic E-state index is 0.0734. The van der Waals surface area contributed by atoms with E-state index >= 15 is 0 Å². The number of nitro groups is 1. The van der Waals surface area contributed by atoms with Crippen molar-refractivity contribution in [2.24, 2.45) is 11.3 Å². The zero-order valence-corrected chi connectivity index (χ0v) is 26.6. The van der Waals surface area contributed by atoms with Crippen molar-refractivity contribution in [1.29, 1.82) is 0 Å². The van der Waals surface area contributed by atoms with E-state index in [-0.39, 0.29) is 22.3 Å². The number of nitro benzene ring substituents is 1. The first kappa shape index (κ1) is 29.3. The number of hydrogen-bond donors (Lipinski definition) is 2. The van der Waals surface area contributed by atoms with Crippen molar-refractivity contribution in [3.8, 4) is 28.3 Å². The van der Waals surface area contributed by atoms with Crippen LogP contribution < -0.4 is 0 Å². The summed E-state index contributed by atoms with van der Waals surface area (Å²) in [5, 5.41) is 21.7. The Balaban J connectivity index is 1.34. The summed E-state index contributed by atoms with van der Waals surface area (Å²) in [5.74, 6) is 1.30. The largest absolute Gasteiger partial charge is 0.502 e. The number of aromatic amines is 1. The second-order valence-electron chi connectivity index (χ2n) is 14.2. The molecule has 6 nitrogen and oxygen atoms in total. The van der Waals surface area contributed by atoms with E-state index in [1.165, 1.54) is 60.1 Å². The van der Waals surface area contributed by atoms with Crippen molar-refractivity contribution in [2.75, 3.05) is 0 Å². The molecule has 1 fully saturated rings. The smallest absolute Gasteiger partial charge is 0.310 e. The first-order valence-corrected chi connectivity index (χ1v) is 16.3. The molecule has 5 aromatic rings. The molecular weight excluding hydrogens is 558 g/mol. The third kappa shape index (κ3) is 4.91. The lowest BCUT2D eigenvalue weighted by Gasteiger charge is -2.56. The molecule has 230 valence electrons. The third-order valence-corrected chi connectivity index (χ3v) is 11.0. The van der Waals surface area contributed by atoms with Gasteiger partial charge in [0.25, 0.3) is 0 Å². The maximum absolute atomic E-state index is 11.3. The van der Waals surface area contributed by atoms with Crippen molar-refractivity contribution < 1.29 is 10.0 Å². The van der Waals surface area contributed by atoms with Crippen LogP contribution in [-0.2, 0) is 18.3 Å². The first-order valence-electron chi connectivity index (χ1n) is 16.3. The Morgan fingerprint density at radius 3 is 2.53 bits per heavy atom. The number of fused-ring (bicyclic) bond motifs is 4. The van der Waals surface area contributed by atoms with Crippen LogP contribution in [0.25, 0.3) is 33.5 Å². The summed E-state index contributed by atoms with van der Waals surface area (Å²) in [6, 6.07) is 26.5. The number of hydrogen-bond acceptors (Lipinski definition) is 4. The predicted molar refractivity (Wildman–Crippen MR) is 181 cm³/mol. The molecule has 0 radical (unpaired) electrons. The highest BCUT2D eigenvalue weighted by molar-refractivity contribution is 5.89. The van der Waals surface area contributed by atoms with Crippen LogP contribution in [-0.4, -0.2) is 20.0 Å². The van der Waals surface area contributed by atoms with E-state index in [9.17, 15) is 15.2 Å². The molecule has 3 atom stereocenters. The maximum Gasteiger partial charge on any atom is 0.310 e. The van der Waals surface area contributed by atoms with Crippen LogP contribution in [0, 0.1) is 21.4 Å². The van der Waals surface area contributed by atoms with Gasteiger partial charge >= 0.3 is 5.69 Å². The highest BCUT2D eigenvalue weighted by atomic mass is 16.6. The van der Waals surface area contributed by atoms with Gasteiger partial charge in [0.1, 0.15) is 5.82 Å². The lowest BCUT2D eigenvalue weighted by molar-refractivity contribution is -0.385. The molecule has 2 aliphatic carbocycles. The minimum Gasteiger partial charge on any atom is -0.502 e. The quantitative estimate of drug-likeness (QED) is 0.150. The van der Waals surface area contributed by atoms with Gasteiger partial charge in [-0.05, 0) is 106 Å². The number of aromatic nitrogens is 2. The molecule has 0 saturated heterocycles. The van der Waals surface area contributed by atoms with Crippen molar-refractivity contribution >= 4 is 16.7 Å². The van der Waals surface area contributed by atoms with E-state index in [4.69, 9.17) is 4.98 Å². The van der Waals surface area contributed by atoms with Crippen molar-refractivity contribution in [2.45, 2.75) is 77.6 Å². The van der Waals surface area contributed by atoms with Crippen LogP contribution in [0.1, 0.15) is 81.5 Å². The average Bonchev–Trinajstić information content (AvgIpc) is 3.46. The number of imidazole rings is 1. The Kier molecular flexibility index (Phi) is 7.07. The fraction of sp³-hybridized carbons (Fsp3) is 0.359. The number of nitrogens with one attached hydrogen (secondary N) is 1. The number of phenolic OH excluding ortho intramolecular Hbond substituents is 1. The lowest BCUT2D eigenvalue weighted by atomic mass is 9.48. The molecule has 0 bridgehead atoms. The second kappa shape index (κ2) is 10.9. The Labute approximate surface area is 264 Å². The van der Waals surface area contributed by atoms with Crippen LogP contribution in [0.15, 0.2) is 78.9 Å². The van der Waals surface area contributed by atoms with Crippen LogP contribution >= 0.6 is 0 Å². The lowest BCUT2D eigenvalue weighted by Crippen LogP contribution is -2.50. The monoisotopic (exact) mass is 599 g/mol. The fourth-order valence-electron chi connectivity index (χ4n) is 8.78. The maximum atomic E-state index is 11.3. The molecule has 0 aliphatic heterocycles. The standard InChI is InChI=1S/C39H41N3O3/c1-24(2)26-11-15-31-27(21-26)13-18-35-38(3,19-8-20-39(31,35)4)23-30-29(25-9-6-5-7-10-25)14-16-32-36(30)41-37(40-32)28-12-17-33(42(44)45)34(43)22-28/h5-7,9-12,14-17,21-22,24,35,43H,8,13,18-20,23H2,1-4H3,(H,40,41)/t35-,38+,39+/m0/s1. The van der Waals surface area contributed by atoms with Crippen LogP contribution in [0.4, 0.5) is 5.69 Å². The summed E-state index contributed by atoms with van der Waals surface area (Å²) < 4.78 is 0. The van der Waals surface area contributed by atoms with Crippen LogP contribution in [0.2, 0.25) is 0 Å². The van der Waals surface area contributed by atoms with E-state index in [1.54, 1.807) is 17.2 Å². The summed E-state index contributed by atoms with van der Waals surface area (Å²) in [5.41, 5.74) is 10.5.